The van der Waals surface area contributed by atoms with Gasteiger partial charge in [0.05, 0.1) is 10.6 Å². The van der Waals surface area contributed by atoms with Crippen molar-refractivity contribution in [3.8, 4) is 0 Å². The summed E-state index contributed by atoms with van der Waals surface area (Å²) in [6, 6.07) is 20.9. The highest BCUT2D eigenvalue weighted by atomic mass is 32.2. The topological polar surface area (TPSA) is 86.8 Å². The van der Waals surface area contributed by atoms with Gasteiger partial charge in [-0.3, -0.25) is 13.9 Å². The molecule has 2 amide bonds. The van der Waals surface area contributed by atoms with Crippen LogP contribution in [0, 0.1) is 20.8 Å². The lowest BCUT2D eigenvalue weighted by Crippen LogP contribution is -2.53. The molecule has 1 saturated carbocycles. The van der Waals surface area contributed by atoms with E-state index in [0.717, 1.165) is 47.9 Å². The van der Waals surface area contributed by atoms with E-state index >= 15 is 0 Å². The molecule has 1 atom stereocenters. The monoisotopic (exact) mass is 575 g/mol. The molecular formula is C33H41N3O4S. The highest BCUT2D eigenvalue weighted by Crippen LogP contribution is 2.28. The number of amides is 2. The molecule has 0 radical (unpaired) electrons. The minimum Gasteiger partial charge on any atom is -0.352 e. The Balaban J connectivity index is 1.69. The van der Waals surface area contributed by atoms with E-state index in [1.54, 1.807) is 37.3 Å². The fraction of sp³-hybridized carbons (Fsp3) is 0.394. The Bertz CT molecular complexity index is 1450. The quantitative estimate of drug-likeness (QED) is 0.337. The molecule has 7 nitrogen and oxygen atoms in total. The molecule has 0 saturated heterocycles. The van der Waals surface area contributed by atoms with Gasteiger partial charge in [-0.15, -0.1) is 0 Å². The second-order valence-corrected chi connectivity index (χ2v) is 13.0. The number of carbonyl (C=O) groups excluding carboxylic acids is 2. The molecule has 0 aromatic heterocycles. The Kier molecular flexibility index (Phi) is 9.86. The summed E-state index contributed by atoms with van der Waals surface area (Å²) in [5.74, 6) is -0.670. The normalized spacial score (nSPS) is 14.7. The minimum atomic E-state index is -4.09. The molecule has 4 rings (SSSR count). The lowest BCUT2D eigenvalue weighted by atomic mass is 9.95. The van der Waals surface area contributed by atoms with E-state index in [0.29, 0.717) is 5.69 Å². The number of nitrogens with one attached hydrogen (secondary N) is 1. The first-order valence-corrected chi connectivity index (χ1v) is 15.8. The smallest absolute Gasteiger partial charge is 0.264 e. The lowest BCUT2D eigenvalue weighted by molar-refractivity contribution is -0.139. The van der Waals surface area contributed by atoms with Crippen molar-refractivity contribution in [3.05, 3.63) is 95.1 Å². The van der Waals surface area contributed by atoms with E-state index < -0.39 is 28.5 Å². The molecule has 8 heteroatoms. The molecule has 1 aliphatic rings. The average molecular weight is 576 g/mol. The fourth-order valence-corrected chi connectivity index (χ4v) is 6.85. The largest absolute Gasteiger partial charge is 0.352 e. The maximum atomic E-state index is 14.1. The molecule has 3 aromatic carbocycles. The SMILES string of the molecule is Cc1ccc(S(=O)(=O)N(CC(=O)N(Cc2ccccc2)[C@H](C)C(=O)NC2CCCCC2)c2ccc(C)cc2C)cc1. The van der Waals surface area contributed by atoms with Crippen LogP contribution in [-0.4, -0.2) is 43.8 Å². The molecule has 0 bridgehead atoms. The minimum absolute atomic E-state index is 0.0981. The molecule has 0 heterocycles. The summed E-state index contributed by atoms with van der Waals surface area (Å²) in [5, 5.41) is 3.14. The Morgan fingerprint density at radius 3 is 2.15 bits per heavy atom. The number of sulfonamides is 1. The molecule has 1 N–H and O–H groups in total. The summed E-state index contributed by atoms with van der Waals surface area (Å²) in [6.45, 7) is 7.14. The van der Waals surface area contributed by atoms with Crippen LogP contribution in [0.5, 0.6) is 0 Å². The van der Waals surface area contributed by atoms with Crippen LogP contribution in [0.15, 0.2) is 77.7 Å². The molecular weight excluding hydrogens is 534 g/mol. The van der Waals surface area contributed by atoms with Gasteiger partial charge in [0.1, 0.15) is 12.6 Å². The predicted octanol–water partition coefficient (Wildman–Crippen LogP) is 5.67. The average Bonchev–Trinajstić information content (AvgIpc) is 2.96. The molecule has 1 fully saturated rings. The van der Waals surface area contributed by atoms with Crippen LogP contribution in [-0.2, 0) is 26.2 Å². The Labute approximate surface area is 244 Å². The Hall–Kier alpha value is -3.65. The summed E-state index contributed by atoms with van der Waals surface area (Å²) in [5.41, 5.74) is 3.96. The predicted molar refractivity (Wildman–Crippen MR) is 163 cm³/mol. The molecule has 0 aliphatic heterocycles. The van der Waals surface area contributed by atoms with Crippen molar-refractivity contribution in [2.24, 2.45) is 0 Å². The van der Waals surface area contributed by atoms with Gasteiger partial charge in [-0.05, 0) is 69.9 Å². The van der Waals surface area contributed by atoms with Crippen molar-refractivity contribution in [1.29, 1.82) is 0 Å². The van der Waals surface area contributed by atoms with Crippen LogP contribution in [0.4, 0.5) is 5.69 Å². The summed E-state index contributed by atoms with van der Waals surface area (Å²) in [7, 11) is -4.09. The van der Waals surface area contributed by atoms with Crippen molar-refractivity contribution in [1.82, 2.24) is 10.2 Å². The summed E-state index contributed by atoms with van der Waals surface area (Å²) in [4.78, 5) is 29.1. The van der Waals surface area contributed by atoms with Gasteiger partial charge in [-0.2, -0.15) is 0 Å². The molecule has 0 spiro atoms. The van der Waals surface area contributed by atoms with Crippen molar-refractivity contribution in [3.63, 3.8) is 0 Å². The van der Waals surface area contributed by atoms with Gasteiger partial charge in [-0.1, -0.05) is 85.0 Å². The number of hydrogen-bond acceptors (Lipinski definition) is 4. The van der Waals surface area contributed by atoms with Gasteiger partial charge < -0.3 is 10.2 Å². The van der Waals surface area contributed by atoms with Gasteiger partial charge >= 0.3 is 0 Å². The summed E-state index contributed by atoms with van der Waals surface area (Å²) >= 11 is 0. The van der Waals surface area contributed by atoms with E-state index in [9.17, 15) is 18.0 Å². The second-order valence-electron chi connectivity index (χ2n) is 11.1. The first-order chi connectivity index (χ1) is 19.6. The van der Waals surface area contributed by atoms with E-state index in [1.165, 1.54) is 15.6 Å². The number of aryl methyl sites for hydroxylation is 3. The van der Waals surface area contributed by atoms with E-state index in [1.807, 2.05) is 63.2 Å². The van der Waals surface area contributed by atoms with Gasteiger partial charge in [0.15, 0.2) is 0 Å². The Morgan fingerprint density at radius 1 is 0.878 bits per heavy atom. The third kappa shape index (κ3) is 7.55. The number of nitrogens with zero attached hydrogens (tertiary/aromatic N) is 2. The van der Waals surface area contributed by atoms with Crippen LogP contribution in [0.1, 0.15) is 61.3 Å². The van der Waals surface area contributed by atoms with Crippen molar-refractivity contribution >= 4 is 27.5 Å². The molecule has 0 unspecified atom stereocenters. The van der Waals surface area contributed by atoms with E-state index in [4.69, 9.17) is 0 Å². The number of benzene rings is 3. The van der Waals surface area contributed by atoms with Gasteiger partial charge in [-0.25, -0.2) is 8.42 Å². The van der Waals surface area contributed by atoms with E-state index in [-0.39, 0.29) is 23.4 Å². The Morgan fingerprint density at radius 2 is 1.51 bits per heavy atom. The van der Waals surface area contributed by atoms with Crippen LogP contribution < -0.4 is 9.62 Å². The zero-order valence-corrected chi connectivity index (χ0v) is 25.3. The number of hydrogen-bond donors (Lipinski definition) is 1. The number of rotatable bonds is 10. The molecule has 3 aromatic rings. The van der Waals surface area contributed by atoms with Crippen LogP contribution in [0.2, 0.25) is 0 Å². The third-order valence-electron chi connectivity index (χ3n) is 7.82. The zero-order chi connectivity index (χ0) is 29.6. The van der Waals surface area contributed by atoms with Gasteiger partial charge in [0.2, 0.25) is 11.8 Å². The van der Waals surface area contributed by atoms with Crippen LogP contribution in [0.25, 0.3) is 0 Å². The number of anilines is 1. The van der Waals surface area contributed by atoms with Crippen molar-refractivity contribution < 1.29 is 18.0 Å². The van der Waals surface area contributed by atoms with Crippen LogP contribution >= 0.6 is 0 Å². The van der Waals surface area contributed by atoms with Crippen molar-refractivity contribution in [2.45, 2.75) is 83.3 Å². The first kappa shape index (κ1) is 30.3. The maximum absolute atomic E-state index is 14.1. The van der Waals surface area contributed by atoms with Crippen LogP contribution in [0.3, 0.4) is 0 Å². The fourth-order valence-electron chi connectivity index (χ4n) is 5.37. The standard InChI is InChI=1S/C33H41N3O4S/c1-24-15-18-30(19-16-24)41(39,40)36(31-20-17-25(2)21-26(31)3)23-32(37)35(22-28-11-7-5-8-12-28)27(4)33(38)34-29-13-9-6-10-14-29/h5,7-8,11-12,15-21,27,29H,6,9-10,13-14,22-23H2,1-4H3,(H,34,38)/t27-/m1/s1. The van der Waals surface area contributed by atoms with E-state index in [2.05, 4.69) is 5.32 Å². The second kappa shape index (κ2) is 13.3. The zero-order valence-electron chi connectivity index (χ0n) is 24.5. The van der Waals surface area contributed by atoms with Gasteiger partial charge in [0, 0.05) is 12.6 Å². The van der Waals surface area contributed by atoms with Crippen molar-refractivity contribution in [2.75, 3.05) is 10.8 Å². The highest BCUT2D eigenvalue weighted by Gasteiger charge is 2.33. The molecule has 41 heavy (non-hydrogen) atoms. The lowest BCUT2D eigenvalue weighted by Gasteiger charge is -2.33. The third-order valence-corrected chi connectivity index (χ3v) is 9.60. The maximum Gasteiger partial charge on any atom is 0.264 e. The number of carbonyl (C=O) groups is 2. The summed E-state index contributed by atoms with van der Waals surface area (Å²) < 4.78 is 29.3. The van der Waals surface area contributed by atoms with Gasteiger partial charge in [0.25, 0.3) is 10.0 Å². The molecule has 1 aliphatic carbocycles. The highest BCUT2D eigenvalue weighted by molar-refractivity contribution is 7.92. The first-order valence-electron chi connectivity index (χ1n) is 14.4. The molecule has 218 valence electrons. The summed E-state index contributed by atoms with van der Waals surface area (Å²) in [6.07, 6.45) is 5.19.